The van der Waals surface area contributed by atoms with E-state index in [4.69, 9.17) is 15.1 Å². The fraction of sp³-hybridized carbons (Fsp3) is 0.140. The Bertz CT molecular complexity index is 2200. The maximum atomic E-state index is 5.39. The Balaban J connectivity index is 0.000000233. The largest absolute Gasteiger partial charge is 2.00 e. The van der Waals surface area contributed by atoms with Crippen LogP contribution >= 0.6 is 0 Å². The van der Waals surface area contributed by atoms with E-state index in [9.17, 15) is 0 Å². The summed E-state index contributed by atoms with van der Waals surface area (Å²) in [6.07, 6.45) is 5.20. The SMILES string of the molecule is CC1(C)CCCc2c1n[n-]c2-c1cccc([Si](c2ccccc2)(c2ccccc2)c2ccccn2)n1.[Pt+2].c1ccc2c(c1)[n-]c1ccccc12. The van der Waals surface area contributed by atoms with Crippen LogP contribution in [-0.2, 0) is 32.9 Å². The van der Waals surface area contributed by atoms with Gasteiger partial charge >= 0.3 is 21.1 Å². The second kappa shape index (κ2) is 14.1. The second-order valence-electron chi connectivity index (χ2n) is 13.4. The predicted molar refractivity (Wildman–Crippen MR) is 203 cm³/mol. The van der Waals surface area contributed by atoms with E-state index in [1.165, 1.54) is 26.7 Å². The molecule has 0 spiro atoms. The summed E-state index contributed by atoms with van der Waals surface area (Å²) >= 11 is 0. The summed E-state index contributed by atoms with van der Waals surface area (Å²) in [5.41, 5.74) is 6.46. The normalized spacial score (nSPS) is 13.6. The molecule has 248 valence electrons. The molecule has 1 aliphatic carbocycles. The third-order valence-corrected chi connectivity index (χ3v) is 14.4. The van der Waals surface area contributed by atoms with Gasteiger partial charge in [0, 0.05) is 33.6 Å². The Kier molecular flexibility index (Phi) is 9.50. The third kappa shape index (κ3) is 5.97. The number of hydrogen-bond donors (Lipinski definition) is 0. The average Bonchev–Trinajstić information content (AvgIpc) is 3.77. The van der Waals surface area contributed by atoms with Gasteiger partial charge in [-0.15, -0.1) is 11.0 Å². The molecule has 9 rings (SSSR count). The van der Waals surface area contributed by atoms with Gasteiger partial charge in [-0.3, -0.25) is 9.97 Å². The fourth-order valence-electron chi connectivity index (χ4n) is 7.50. The van der Waals surface area contributed by atoms with Crippen LogP contribution in [0, 0.1) is 0 Å². The van der Waals surface area contributed by atoms with Crippen molar-refractivity contribution in [3.05, 3.63) is 163 Å². The smallest absolute Gasteiger partial charge is 0.657 e. The molecule has 7 heteroatoms. The molecule has 0 atom stereocenters. The van der Waals surface area contributed by atoms with E-state index < -0.39 is 8.07 Å². The van der Waals surface area contributed by atoms with Gasteiger partial charge in [0.25, 0.3) is 0 Å². The summed E-state index contributed by atoms with van der Waals surface area (Å²) in [7, 11) is -2.78. The van der Waals surface area contributed by atoms with Crippen LogP contribution < -0.4 is 31.1 Å². The first kappa shape index (κ1) is 33.6. The van der Waals surface area contributed by atoms with E-state index in [0.717, 1.165) is 58.0 Å². The molecule has 0 bridgehead atoms. The molecule has 0 fully saturated rings. The summed E-state index contributed by atoms with van der Waals surface area (Å²) in [5.74, 6) is 0. The average molecular weight is 847 g/mol. The molecule has 0 N–H and O–H groups in total. The number of benzene rings is 4. The van der Waals surface area contributed by atoms with Crippen molar-refractivity contribution in [1.82, 2.24) is 25.1 Å². The van der Waals surface area contributed by atoms with Crippen molar-refractivity contribution < 1.29 is 21.1 Å². The molecule has 0 unspecified atom stereocenters. The topological polar surface area (TPSA) is 66.9 Å². The minimum absolute atomic E-state index is 0. The van der Waals surface area contributed by atoms with Crippen LogP contribution in [0.25, 0.3) is 33.2 Å². The van der Waals surface area contributed by atoms with Gasteiger partial charge in [0.05, 0.1) is 0 Å². The van der Waals surface area contributed by atoms with Gasteiger partial charge in [0.1, 0.15) is 0 Å². The van der Waals surface area contributed by atoms with E-state index in [2.05, 4.69) is 151 Å². The first-order valence-corrected chi connectivity index (χ1v) is 19.0. The zero-order chi connectivity index (χ0) is 33.3. The summed E-state index contributed by atoms with van der Waals surface area (Å²) in [4.78, 5) is 14.9. The molecule has 0 saturated heterocycles. The zero-order valence-corrected chi connectivity index (χ0v) is 31.4. The van der Waals surface area contributed by atoms with Gasteiger partial charge in [0.15, 0.2) is 0 Å². The minimum Gasteiger partial charge on any atom is -0.657 e. The van der Waals surface area contributed by atoms with Crippen LogP contribution in [-0.4, -0.2) is 23.1 Å². The van der Waals surface area contributed by atoms with Crippen molar-refractivity contribution in [1.29, 1.82) is 0 Å². The third-order valence-electron chi connectivity index (χ3n) is 9.87. The quantitative estimate of drug-likeness (QED) is 0.187. The van der Waals surface area contributed by atoms with Crippen LogP contribution in [0.1, 0.15) is 37.9 Å². The molecule has 4 aromatic carbocycles. The van der Waals surface area contributed by atoms with E-state index in [-0.39, 0.29) is 26.5 Å². The van der Waals surface area contributed by atoms with Crippen molar-refractivity contribution in [2.75, 3.05) is 0 Å². The van der Waals surface area contributed by atoms with Crippen LogP contribution in [0.3, 0.4) is 0 Å². The molecule has 50 heavy (non-hydrogen) atoms. The maximum absolute atomic E-state index is 5.39. The second-order valence-corrected chi connectivity index (χ2v) is 17.0. The van der Waals surface area contributed by atoms with Crippen LogP contribution in [0.5, 0.6) is 0 Å². The molecule has 0 aliphatic heterocycles. The molecular weight excluding hydrogens is 810 g/mol. The summed E-state index contributed by atoms with van der Waals surface area (Å²) < 4.78 is 0. The first-order valence-electron chi connectivity index (χ1n) is 17.0. The number of fused-ring (bicyclic) bond motifs is 4. The van der Waals surface area contributed by atoms with Gasteiger partial charge in [-0.05, 0) is 70.2 Å². The van der Waals surface area contributed by atoms with Crippen LogP contribution in [0.2, 0.25) is 0 Å². The van der Waals surface area contributed by atoms with E-state index in [1.807, 2.05) is 24.4 Å². The van der Waals surface area contributed by atoms with Crippen molar-refractivity contribution >= 4 is 50.9 Å². The van der Waals surface area contributed by atoms with Crippen molar-refractivity contribution in [2.45, 2.75) is 38.5 Å². The minimum atomic E-state index is -2.78. The first-order chi connectivity index (χ1) is 24.1. The number of hydrogen-bond acceptors (Lipinski definition) is 3. The molecule has 4 heterocycles. The maximum Gasteiger partial charge on any atom is 2.00 e. The Morgan fingerprint density at radius 3 is 1.82 bits per heavy atom. The molecule has 0 saturated carbocycles. The number of nitrogens with zero attached hydrogens (tertiary/aromatic N) is 5. The molecule has 0 amide bonds. The number of pyridine rings is 2. The molecule has 5 nitrogen and oxygen atoms in total. The summed E-state index contributed by atoms with van der Waals surface area (Å²) in [6, 6.07) is 50.6. The van der Waals surface area contributed by atoms with Crippen LogP contribution in [0.4, 0.5) is 0 Å². The number of rotatable bonds is 5. The number of aromatic nitrogens is 5. The molecule has 4 aromatic heterocycles. The van der Waals surface area contributed by atoms with Crippen molar-refractivity contribution in [2.24, 2.45) is 0 Å². The molecule has 8 aromatic rings. The van der Waals surface area contributed by atoms with Gasteiger partial charge in [-0.2, -0.15) is 0 Å². The Morgan fingerprint density at radius 1 is 0.620 bits per heavy atom. The molecular formula is C43H37N5PtSi. The number of para-hydroxylation sites is 2. The molecule has 1 aliphatic rings. The Morgan fingerprint density at radius 2 is 1.20 bits per heavy atom. The zero-order valence-electron chi connectivity index (χ0n) is 28.1. The monoisotopic (exact) mass is 846 g/mol. The van der Waals surface area contributed by atoms with E-state index in [1.54, 1.807) is 0 Å². The van der Waals surface area contributed by atoms with Gasteiger partial charge in [-0.1, -0.05) is 141 Å². The van der Waals surface area contributed by atoms with Gasteiger partial charge in [-0.25, -0.2) is 0 Å². The van der Waals surface area contributed by atoms with Crippen molar-refractivity contribution in [3.8, 4) is 11.4 Å². The van der Waals surface area contributed by atoms with E-state index in [0.29, 0.717) is 0 Å². The Hall–Kier alpha value is -4.90. The summed E-state index contributed by atoms with van der Waals surface area (Å²) in [6.45, 7) is 4.55. The van der Waals surface area contributed by atoms with Crippen molar-refractivity contribution in [3.63, 3.8) is 0 Å². The molecule has 0 radical (unpaired) electrons. The Labute approximate surface area is 308 Å². The summed E-state index contributed by atoms with van der Waals surface area (Å²) in [5, 5.41) is 16.5. The van der Waals surface area contributed by atoms with E-state index >= 15 is 0 Å². The van der Waals surface area contributed by atoms with Gasteiger partial charge < -0.3 is 15.2 Å². The predicted octanol–water partition coefficient (Wildman–Crippen LogP) is 6.43. The van der Waals surface area contributed by atoms with Gasteiger partial charge in [0.2, 0.25) is 8.07 Å². The standard InChI is InChI=1S/C31H29N4Si.C12H8N.Pt/c1-31(2)21-12-17-25-29(34-35-30(25)31)26-18-11-20-28(33-26)36(23-13-5-3-6-14-23,24-15-7-4-8-16-24)27-19-9-10-22-32-27;1-3-7-11-9(5-1)10-6-2-4-8-12(10)13-11;/h3-11,13-16,18-20,22H,12,17,21H2,1-2H3;1-8H;/q2*-1;+2. The fourth-order valence-corrected chi connectivity index (χ4v) is 11.9. The van der Waals surface area contributed by atoms with Crippen LogP contribution in [0.15, 0.2) is 152 Å².